The summed E-state index contributed by atoms with van der Waals surface area (Å²) in [5.41, 5.74) is 1.99. The Balaban J connectivity index is 1.49. The van der Waals surface area contributed by atoms with Crippen LogP contribution in [-0.2, 0) is 22.6 Å². The predicted octanol–water partition coefficient (Wildman–Crippen LogP) is 4.47. The highest BCUT2D eigenvalue weighted by atomic mass is 32.1. The molecule has 0 radical (unpaired) electrons. The van der Waals surface area contributed by atoms with Gasteiger partial charge >= 0.3 is 5.97 Å². The quantitative estimate of drug-likeness (QED) is 0.555. The van der Waals surface area contributed by atoms with Gasteiger partial charge in [0.25, 0.3) is 0 Å². The van der Waals surface area contributed by atoms with Crippen molar-refractivity contribution in [2.24, 2.45) is 0 Å². The number of amides is 1. The normalized spacial score (nSPS) is 10.6. The average Bonchev–Trinajstić information content (AvgIpc) is 3.14. The van der Waals surface area contributed by atoms with Gasteiger partial charge in [-0.05, 0) is 50.2 Å². The Labute approximate surface area is 173 Å². The first-order valence-corrected chi connectivity index (χ1v) is 10.1. The first-order valence-electron chi connectivity index (χ1n) is 9.21. The molecule has 1 heterocycles. The summed E-state index contributed by atoms with van der Waals surface area (Å²) >= 11 is 1.42. The van der Waals surface area contributed by atoms with Crippen molar-refractivity contribution in [1.82, 2.24) is 4.98 Å². The van der Waals surface area contributed by atoms with E-state index in [2.05, 4.69) is 10.3 Å². The fourth-order valence-electron chi connectivity index (χ4n) is 2.49. The number of aromatic nitrogens is 1. The van der Waals surface area contributed by atoms with Crippen molar-refractivity contribution < 1.29 is 19.1 Å². The number of carbonyl (C=O) groups is 2. The van der Waals surface area contributed by atoms with E-state index in [0.29, 0.717) is 11.3 Å². The van der Waals surface area contributed by atoms with Gasteiger partial charge in [-0.15, -0.1) is 11.3 Å². The number of nitrogens with zero attached hydrogens (tertiary/aromatic N) is 1. The molecule has 29 heavy (non-hydrogen) atoms. The summed E-state index contributed by atoms with van der Waals surface area (Å²) in [5, 5.41) is 5.44. The Morgan fingerprint density at radius 1 is 1.07 bits per heavy atom. The molecule has 0 bridgehead atoms. The number of rotatable bonds is 8. The third kappa shape index (κ3) is 6.43. The second kappa shape index (κ2) is 9.84. The van der Waals surface area contributed by atoms with Crippen molar-refractivity contribution >= 4 is 28.9 Å². The van der Waals surface area contributed by atoms with Crippen LogP contribution in [-0.4, -0.2) is 23.0 Å². The third-order valence-electron chi connectivity index (χ3n) is 3.79. The molecule has 1 N–H and O–H groups in total. The van der Waals surface area contributed by atoms with Gasteiger partial charge in [-0.25, -0.2) is 9.78 Å². The molecule has 0 atom stereocenters. The van der Waals surface area contributed by atoms with E-state index >= 15 is 0 Å². The highest BCUT2D eigenvalue weighted by Crippen LogP contribution is 2.17. The van der Waals surface area contributed by atoms with Gasteiger partial charge in [0.1, 0.15) is 17.4 Å². The topological polar surface area (TPSA) is 77.5 Å². The first kappa shape index (κ1) is 20.5. The maximum absolute atomic E-state index is 12.1. The number of para-hydroxylation sites is 1. The van der Waals surface area contributed by atoms with E-state index in [0.717, 1.165) is 16.4 Å². The van der Waals surface area contributed by atoms with Gasteiger partial charge in [0, 0.05) is 11.1 Å². The van der Waals surface area contributed by atoms with Crippen LogP contribution in [0.4, 0.5) is 5.69 Å². The van der Waals surface area contributed by atoms with Gasteiger partial charge < -0.3 is 14.8 Å². The molecular weight excluding hydrogens is 388 g/mol. The lowest BCUT2D eigenvalue weighted by atomic mass is 10.2. The third-order valence-corrected chi connectivity index (χ3v) is 4.69. The van der Waals surface area contributed by atoms with Crippen molar-refractivity contribution in [2.75, 3.05) is 5.32 Å². The number of nitrogens with one attached hydrogen (secondary N) is 1. The molecule has 3 aromatic rings. The van der Waals surface area contributed by atoms with Crippen LogP contribution < -0.4 is 10.1 Å². The van der Waals surface area contributed by atoms with Crippen LogP contribution in [0.15, 0.2) is 60.0 Å². The minimum absolute atomic E-state index is 0.109. The number of carbonyl (C=O) groups excluding carboxylic acids is 2. The number of ether oxygens (including phenoxy) is 2. The molecule has 3 rings (SSSR count). The van der Waals surface area contributed by atoms with E-state index in [9.17, 15) is 9.59 Å². The molecule has 2 aromatic carbocycles. The summed E-state index contributed by atoms with van der Waals surface area (Å²) in [6.07, 6.45) is 0.0544. The molecule has 150 valence electrons. The van der Waals surface area contributed by atoms with Crippen molar-refractivity contribution in [3.8, 4) is 5.75 Å². The molecule has 7 heteroatoms. The Kier molecular flexibility index (Phi) is 6.97. The van der Waals surface area contributed by atoms with E-state index in [-0.39, 0.29) is 31.0 Å². The number of anilines is 1. The van der Waals surface area contributed by atoms with E-state index < -0.39 is 0 Å². The summed E-state index contributed by atoms with van der Waals surface area (Å²) in [7, 11) is 0. The molecule has 6 nitrogen and oxygen atoms in total. The minimum atomic E-state index is -0.357. The van der Waals surface area contributed by atoms with Crippen LogP contribution in [0.2, 0.25) is 0 Å². The van der Waals surface area contributed by atoms with Gasteiger partial charge in [-0.3, -0.25) is 4.79 Å². The van der Waals surface area contributed by atoms with Crippen LogP contribution in [0, 0.1) is 0 Å². The molecule has 0 saturated heterocycles. The zero-order valence-electron chi connectivity index (χ0n) is 16.3. The highest BCUT2D eigenvalue weighted by molar-refractivity contribution is 7.09. The number of benzene rings is 2. The van der Waals surface area contributed by atoms with Gasteiger partial charge in [-0.1, -0.05) is 18.2 Å². The molecule has 0 aliphatic carbocycles. The monoisotopic (exact) mass is 410 g/mol. The van der Waals surface area contributed by atoms with Crippen LogP contribution in [0.25, 0.3) is 0 Å². The largest absolute Gasteiger partial charge is 0.487 e. The van der Waals surface area contributed by atoms with Gasteiger partial charge in [0.15, 0.2) is 0 Å². The van der Waals surface area contributed by atoms with Gasteiger partial charge in [0.05, 0.1) is 23.8 Å². The standard InChI is InChI=1S/C22H22N2O4S/c1-15(2)28-22(26)16-8-10-19(11-9-16)27-13-18-14-29-21(24-18)12-20(25)23-17-6-4-3-5-7-17/h3-11,14-15H,12-13H2,1-2H3,(H,23,25). The smallest absolute Gasteiger partial charge is 0.338 e. The van der Waals surface area contributed by atoms with Gasteiger partial charge in [0.2, 0.25) is 5.91 Å². The average molecular weight is 410 g/mol. The van der Waals surface area contributed by atoms with Crippen LogP contribution in [0.3, 0.4) is 0 Å². The maximum atomic E-state index is 12.1. The van der Waals surface area contributed by atoms with E-state index in [1.54, 1.807) is 24.3 Å². The zero-order valence-corrected chi connectivity index (χ0v) is 17.1. The van der Waals surface area contributed by atoms with Crippen molar-refractivity contribution in [3.05, 3.63) is 76.2 Å². The molecule has 0 fully saturated rings. The first-order chi connectivity index (χ1) is 14.0. The Hall–Kier alpha value is -3.19. The van der Waals surface area contributed by atoms with E-state index in [4.69, 9.17) is 9.47 Å². The second-order valence-corrected chi connectivity index (χ2v) is 7.53. The maximum Gasteiger partial charge on any atom is 0.338 e. The summed E-state index contributed by atoms with van der Waals surface area (Å²) in [6.45, 7) is 3.90. The molecule has 0 unspecified atom stereocenters. The van der Waals surface area contributed by atoms with Crippen LogP contribution in [0.5, 0.6) is 5.75 Å². The fraction of sp³-hybridized carbons (Fsp3) is 0.227. The minimum Gasteiger partial charge on any atom is -0.487 e. The van der Waals surface area contributed by atoms with E-state index in [1.807, 2.05) is 49.6 Å². The van der Waals surface area contributed by atoms with Crippen LogP contribution >= 0.6 is 11.3 Å². The van der Waals surface area contributed by atoms with Gasteiger partial charge in [-0.2, -0.15) is 0 Å². The predicted molar refractivity (Wildman–Crippen MR) is 112 cm³/mol. The lowest BCUT2D eigenvalue weighted by molar-refractivity contribution is -0.115. The summed E-state index contributed by atoms with van der Waals surface area (Å²) in [6, 6.07) is 16.1. The lowest BCUT2D eigenvalue weighted by Crippen LogP contribution is -2.14. The molecule has 1 aromatic heterocycles. The van der Waals surface area contributed by atoms with Crippen molar-refractivity contribution in [3.63, 3.8) is 0 Å². The number of thiazole rings is 1. The number of esters is 1. The Morgan fingerprint density at radius 3 is 2.48 bits per heavy atom. The molecule has 0 saturated carbocycles. The summed E-state index contributed by atoms with van der Waals surface area (Å²) in [4.78, 5) is 28.4. The molecule has 0 aliphatic rings. The highest BCUT2D eigenvalue weighted by Gasteiger charge is 2.11. The molecule has 1 amide bonds. The van der Waals surface area contributed by atoms with Crippen LogP contribution in [0.1, 0.15) is 34.9 Å². The molecule has 0 aliphatic heterocycles. The van der Waals surface area contributed by atoms with E-state index in [1.165, 1.54) is 11.3 Å². The Morgan fingerprint density at radius 2 is 1.79 bits per heavy atom. The van der Waals surface area contributed by atoms with Crippen molar-refractivity contribution in [1.29, 1.82) is 0 Å². The Bertz CT molecular complexity index is 952. The summed E-state index contributed by atoms with van der Waals surface area (Å²) < 4.78 is 10.9. The molecular formula is C22H22N2O4S. The number of hydrogen-bond acceptors (Lipinski definition) is 6. The lowest BCUT2D eigenvalue weighted by Gasteiger charge is -2.08. The second-order valence-electron chi connectivity index (χ2n) is 6.59. The summed E-state index contributed by atoms with van der Waals surface area (Å²) in [5.74, 6) is 0.161. The number of hydrogen-bond donors (Lipinski definition) is 1. The molecule has 0 spiro atoms. The SMILES string of the molecule is CC(C)OC(=O)c1ccc(OCc2csc(CC(=O)Nc3ccccc3)n2)cc1. The fourth-order valence-corrected chi connectivity index (χ4v) is 3.26. The zero-order chi connectivity index (χ0) is 20.6. The van der Waals surface area contributed by atoms with Crippen molar-refractivity contribution in [2.45, 2.75) is 33.0 Å².